The van der Waals surface area contributed by atoms with Crippen molar-refractivity contribution >= 4 is 58.0 Å². The first-order valence-electron chi connectivity index (χ1n) is 23.9. The molecule has 0 aliphatic heterocycles. The number of benzene rings is 4. The Morgan fingerprint density at radius 3 is 1.23 bits per heavy atom. The van der Waals surface area contributed by atoms with Gasteiger partial charge in [-0.2, -0.15) is 8.42 Å². The Morgan fingerprint density at radius 1 is 0.462 bits per heavy atom. The van der Waals surface area contributed by atoms with Crippen LogP contribution in [0.5, 0.6) is 34.5 Å². The molecular weight excluding hydrogens is 889 g/mol. The van der Waals surface area contributed by atoms with Crippen LogP contribution in [0.4, 0.5) is 0 Å². The summed E-state index contributed by atoms with van der Waals surface area (Å²) in [6.07, 6.45) is 32.0. The van der Waals surface area contributed by atoms with E-state index in [0.717, 1.165) is 49.7 Å². The van der Waals surface area contributed by atoms with E-state index in [9.17, 15) is 36.2 Å². The molecule has 0 heterocycles. The van der Waals surface area contributed by atoms with Gasteiger partial charge in [-0.15, -0.1) is 5.75 Å². The van der Waals surface area contributed by atoms with E-state index in [1.807, 2.05) is 0 Å². The molecule has 65 heavy (non-hydrogen) atoms. The first kappa shape index (κ1) is 58.3. The van der Waals surface area contributed by atoms with E-state index >= 15 is 0 Å². The van der Waals surface area contributed by atoms with Crippen LogP contribution < -0.4 is 14.6 Å². The Bertz CT molecular complexity index is 1970. The van der Waals surface area contributed by atoms with Gasteiger partial charge in [-0.25, -0.2) is 8.42 Å². The molecule has 0 radical (unpaired) electrons. The van der Waals surface area contributed by atoms with Gasteiger partial charge < -0.3 is 24.2 Å². The van der Waals surface area contributed by atoms with Crippen LogP contribution in [0, 0.1) is 0 Å². The molecule has 2 N–H and O–H groups in total. The number of rotatable bonds is 32. The Labute approximate surface area is 421 Å². The maximum absolute atomic E-state index is 11.8. The number of para-hydroxylation sites is 2. The van der Waals surface area contributed by atoms with Crippen molar-refractivity contribution in [3.63, 3.8) is 0 Å². The van der Waals surface area contributed by atoms with E-state index in [0.29, 0.717) is 11.5 Å². The number of unbranched alkanes of at least 4 members (excludes halogenated alkanes) is 22. The summed E-state index contributed by atoms with van der Waals surface area (Å²) in [7, 11) is -9.07. The zero-order valence-electron chi connectivity index (χ0n) is 39.2. The first-order valence-corrected chi connectivity index (χ1v) is 26.8. The summed E-state index contributed by atoms with van der Waals surface area (Å²) in [5, 5.41) is 21.7. The Balaban J connectivity index is 0.000000440. The fourth-order valence-corrected chi connectivity index (χ4v) is 8.94. The number of phenolic OH excluding ortho intramolecular Hbond substituents is 1. The van der Waals surface area contributed by atoms with Crippen molar-refractivity contribution in [2.45, 2.75) is 191 Å². The second-order valence-corrected chi connectivity index (χ2v) is 19.6. The number of ether oxygens (including phenoxy) is 2. The SMILES string of the molecule is CCCCCCCCCCCCCCc1ccc(O)cc1Oc1ccccc1S(=O)(=O)O.CCCCCCCCCCCCCCc1ccc([O-])cc1Oc1ccccc1S(=O)(=O)[O-].[Ca+2]. The molecule has 4 rings (SSSR count). The van der Waals surface area contributed by atoms with E-state index in [1.165, 1.54) is 183 Å². The molecule has 0 saturated heterocycles. The van der Waals surface area contributed by atoms with Crippen molar-refractivity contribution in [1.82, 2.24) is 0 Å². The van der Waals surface area contributed by atoms with Crippen LogP contribution >= 0.6 is 0 Å². The van der Waals surface area contributed by atoms with Crippen LogP contribution in [-0.2, 0) is 33.1 Å². The molecule has 4 aromatic rings. The number of aromatic hydroxyl groups is 1. The average molecular weight is 963 g/mol. The summed E-state index contributed by atoms with van der Waals surface area (Å²) >= 11 is 0. The standard InChI is InChI=1S/2C26H38O5S.Ca/c2*1-2-3-4-5-6-7-8-9-10-11-12-13-16-22-19-20-23(27)21-25(22)31-24-17-14-15-18-26(24)32(28,29)30;/h2*14-15,17-21,27H,2-13,16H2,1H3,(H,28,29,30);/q;;+2/p-2. The third-order valence-electron chi connectivity index (χ3n) is 11.4. The molecule has 4 aromatic carbocycles. The van der Waals surface area contributed by atoms with Crippen LogP contribution in [0.15, 0.2) is 94.7 Å². The smallest absolute Gasteiger partial charge is 0.872 e. The molecular formula is C52H74CaO10S2. The molecule has 0 saturated carbocycles. The van der Waals surface area contributed by atoms with E-state index in [-0.39, 0.29) is 65.6 Å². The summed E-state index contributed by atoms with van der Waals surface area (Å²) < 4.78 is 78.7. The van der Waals surface area contributed by atoms with Gasteiger partial charge in [0.1, 0.15) is 43.8 Å². The van der Waals surface area contributed by atoms with E-state index < -0.39 is 25.1 Å². The van der Waals surface area contributed by atoms with Crippen LogP contribution in [-0.4, -0.2) is 68.8 Å². The van der Waals surface area contributed by atoms with Crippen molar-refractivity contribution in [3.05, 3.63) is 96.1 Å². The second-order valence-electron chi connectivity index (χ2n) is 16.9. The monoisotopic (exact) mass is 962 g/mol. The van der Waals surface area contributed by atoms with E-state index in [1.54, 1.807) is 30.3 Å². The summed E-state index contributed by atoms with van der Waals surface area (Å²) in [5.74, 6) is 0.533. The maximum atomic E-state index is 11.8. The molecule has 0 aliphatic carbocycles. The predicted molar refractivity (Wildman–Crippen MR) is 260 cm³/mol. The van der Waals surface area contributed by atoms with Crippen LogP contribution in [0.25, 0.3) is 0 Å². The molecule has 0 aliphatic rings. The van der Waals surface area contributed by atoms with Gasteiger partial charge in [-0.1, -0.05) is 198 Å². The quantitative estimate of drug-likeness (QED) is 0.0272. The minimum Gasteiger partial charge on any atom is -0.872 e. The molecule has 0 amide bonds. The summed E-state index contributed by atoms with van der Waals surface area (Å²) in [5.41, 5.74) is 1.75. The summed E-state index contributed by atoms with van der Waals surface area (Å²) in [6.45, 7) is 4.49. The number of phenols is 1. The predicted octanol–water partition coefficient (Wildman–Crippen LogP) is 14.0. The number of aryl methyl sites for hydroxylation is 2. The Kier molecular flexibility index (Phi) is 30.1. The molecule has 0 bridgehead atoms. The molecule has 356 valence electrons. The zero-order chi connectivity index (χ0) is 46.5. The van der Waals surface area contributed by atoms with Crippen molar-refractivity contribution in [1.29, 1.82) is 0 Å². The summed E-state index contributed by atoms with van der Waals surface area (Å²) in [6, 6.07) is 21.1. The normalized spacial score (nSPS) is 11.4. The fraction of sp³-hybridized carbons (Fsp3) is 0.538. The molecule has 0 unspecified atom stereocenters. The van der Waals surface area contributed by atoms with Gasteiger partial charge in [-0.3, -0.25) is 4.55 Å². The Hall–Kier alpha value is -2.84. The molecule has 10 nitrogen and oxygen atoms in total. The third-order valence-corrected chi connectivity index (χ3v) is 13.1. The minimum absolute atomic E-state index is 0. The fourth-order valence-electron chi connectivity index (χ4n) is 7.72. The van der Waals surface area contributed by atoms with E-state index in [4.69, 9.17) is 9.47 Å². The van der Waals surface area contributed by atoms with Crippen LogP contribution in [0.2, 0.25) is 0 Å². The average Bonchev–Trinajstić information content (AvgIpc) is 3.25. The minimum atomic E-state index is -4.67. The zero-order valence-corrected chi connectivity index (χ0v) is 43.0. The van der Waals surface area contributed by atoms with Crippen molar-refractivity contribution in [2.24, 2.45) is 0 Å². The van der Waals surface area contributed by atoms with E-state index in [2.05, 4.69) is 13.8 Å². The first-order chi connectivity index (χ1) is 30.8. The molecule has 0 aromatic heterocycles. The van der Waals surface area contributed by atoms with Crippen molar-refractivity contribution in [2.75, 3.05) is 0 Å². The van der Waals surface area contributed by atoms with Gasteiger partial charge in [-0.05, 0) is 73.2 Å². The van der Waals surface area contributed by atoms with Crippen molar-refractivity contribution < 1.29 is 45.6 Å². The second kappa shape index (κ2) is 33.6. The van der Waals surface area contributed by atoms with Gasteiger partial charge in [0.15, 0.2) is 0 Å². The van der Waals surface area contributed by atoms with Gasteiger partial charge in [0.05, 0.1) is 4.90 Å². The van der Waals surface area contributed by atoms with Gasteiger partial charge in [0, 0.05) is 6.07 Å². The van der Waals surface area contributed by atoms with Gasteiger partial charge in [0.25, 0.3) is 10.1 Å². The largest absolute Gasteiger partial charge is 2.00 e. The summed E-state index contributed by atoms with van der Waals surface area (Å²) in [4.78, 5) is -0.715. The van der Waals surface area contributed by atoms with Gasteiger partial charge in [0.2, 0.25) is 0 Å². The number of hydrogen-bond acceptors (Lipinski definition) is 9. The third kappa shape index (κ3) is 24.7. The maximum Gasteiger partial charge on any atom is 2.00 e. The topological polar surface area (TPSA) is 173 Å². The Morgan fingerprint density at radius 2 is 0.815 bits per heavy atom. The number of hydrogen-bond donors (Lipinski definition) is 2. The van der Waals surface area contributed by atoms with Crippen LogP contribution in [0.1, 0.15) is 179 Å². The van der Waals surface area contributed by atoms with Crippen molar-refractivity contribution in [3.8, 4) is 34.5 Å². The molecule has 0 spiro atoms. The molecule has 0 fully saturated rings. The molecule has 0 atom stereocenters. The molecule has 13 heteroatoms. The van der Waals surface area contributed by atoms with Crippen LogP contribution in [0.3, 0.4) is 0 Å². The van der Waals surface area contributed by atoms with Gasteiger partial charge >= 0.3 is 37.7 Å².